The fourth-order valence-electron chi connectivity index (χ4n) is 1.75. The largest absolute Gasteiger partial charge is 0.313 e. The van der Waals surface area contributed by atoms with Gasteiger partial charge in [-0.3, -0.25) is 0 Å². The molecule has 1 rings (SSSR count). The molecule has 0 fully saturated rings. The van der Waals surface area contributed by atoms with Crippen LogP contribution in [0, 0.1) is 11.8 Å². The van der Waals surface area contributed by atoms with Crippen LogP contribution >= 0.6 is 0 Å². The highest BCUT2D eigenvalue weighted by molar-refractivity contribution is 5.07. The first-order valence-electron chi connectivity index (χ1n) is 4.67. The van der Waals surface area contributed by atoms with Gasteiger partial charge in [0, 0.05) is 6.04 Å². The summed E-state index contributed by atoms with van der Waals surface area (Å²) in [5, 5.41) is 3.57. The van der Waals surface area contributed by atoms with Crippen LogP contribution in [-0.4, -0.2) is 12.6 Å². The summed E-state index contributed by atoms with van der Waals surface area (Å²) in [6.07, 6.45) is 5.87. The van der Waals surface area contributed by atoms with Crippen molar-refractivity contribution in [3.05, 3.63) is 12.2 Å². The molecule has 1 nitrogen and oxygen atoms in total. The SMILES string of the molecule is CCCNC1C(C)C=CC1C. The summed E-state index contributed by atoms with van der Waals surface area (Å²) in [5.41, 5.74) is 0. The third-order valence-corrected chi connectivity index (χ3v) is 2.48. The predicted molar refractivity (Wildman–Crippen MR) is 49.5 cm³/mol. The number of nitrogens with one attached hydrogen (secondary N) is 1. The zero-order valence-electron chi connectivity index (χ0n) is 7.80. The average Bonchev–Trinajstić information content (AvgIpc) is 2.29. The van der Waals surface area contributed by atoms with E-state index < -0.39 is 0 Å². The summed E-state index contributed by atoms with van der Waals surface area (Å²) in [6, 6.07) is 0.690. The summed E-state index contributed by atoms with van der Waals surface area (Å²) in [7, 11) is 0. The maximum Gasteiger partial charge on any atom is 0.0187 e. The van der Waals surface area contributed by atoms with Gasteiger partial charge in [0.25, 0.3) is 0 Å². The molecule has 1 aliphatic carbocycles. The molecule has 0 saturated heterocycles. The first kappa shape index (κ1) is 8.79. The van der Waals surface area contributed by atoms with E-state index >= 15 is 0 Å². The third kappa shape index (κ3) is 2.06. The van der Waals surface area contributed by atoms with E-state index in [1.807, 2.05) is 0 Å². The standard InChI is InChI=1S/C10H19N/c1-4-7-11-10-8(2)5-6-9(10)3/h5-6,8-11H,4,7H2,1-3H3. The lowest BCUT2D eigenvalue weighted by molar-refractivity contribution is 0.388. The van der Waals surface area contributed by atoms with Crippen LogP contribution in [0.4, 0.5) is 0 Å². The average molecular weight is 153 g/mol. The lowest BCUT2D eigenvalue weighted by Crippen LogP contribution is -2.36. The first-order chi connectivity index (χ1) is 5.25. The van der Waals surface area contributed by atoms with Crippen LogP contribution in [0.25, 0.3) is 0 Å². The van der Waals surface area contributed by atoms with Gasteiger partial charge >= 0.3 is 0 Å². The van der Waals surface area contributed by atoms with Gasteiger partial charge < -0.3 is 5.32 Å². The van der Waals surface area contributed by atoms with E-state index in [1.165, 1.54) is 6.42 Å². The molecule has 0 bridgehead atoms. The Morgan fingerprint density at radius 2 is 1.73 bits per heavy atom. The Kier molecular flexibility index (Phi) is 3.13. The van der Waals surface area contributed by atoms with Gasteiger partial charge in [0.1, 0.15) is 0 Å². The molecule has 2 atom stereocenters. The van der Waals surface area contributed by atoms with Crippen molar-refractivity contribution in [2.45, 2.75) is 33.2 Å². The number of rotatable bonds is 3. The summed E-state index contributed by atoms with van der Waals surface area (Å²) >= 11 is 0. The van der Waals surface area contributed by atoms with Gasteiger partial charge in [0.2, 0.25) is 0 Å². The molecular weight excluding hydrogens is 134 g/mol. The molecule has 0 aliphatic heterocycles. The van der Waals surface area contributed by atoms with Gasteiger partial charge in [0.15, 0.2) is 0 Å². The van der Waals surface area contributed by atoms with Crippen molar-refractivity contribution < 1.29 is 0 Å². The second-order valence-corrected chi connectivity index (χ2v) is 3.58. The molecule has 64 valence electrons. The lowest BCUT2D eigenvalue weighted by atomic mass is 9.99. The molecule has 0 spiro atoms. The Balaban J connectivity index is 2.33. The Hall–Kier alpha value is -0.300. The highest BCUT2D eigenvalue weighted by atomic mass is 14.9. The van der Waals surface area contributed by atoms with E-state index in [1.54, 1.807) is 0 Å². The molecule has 0 heterocycles. The Morgan fingerprint density at radius 3 is 2.18 bits per heavy atom. The topological polar surface area (TPSA) is 12.0 Å². The molecule has 1 heteroatoms. The van der Waals surface area contributed by atoms with E-state index in [4.69, 9.17) is 0 Å². The Labute approximate surface area is 69.9 Å². The summed E-state index contributed by atoms with van der Waals surface area (Å²) in [5.74, 6) is 1.44. The molecule has 0 radical (unpaired) electrons. The molecule has 2 unspecified atom stereocenters. The zero-order chi connectivity index (χ0) is 8.27. The Bertz CT molecular complexity index is 128. The monoisotopic (exact) mass is 153 g/mol. The van der Waals surface area contributed by atoms with Crippen molar-refractivity contribution >= 4 is 0 Å². The molecule has 1 N–H and O–H groups in total. The zero-order valence-corrected chi connectivity index (χ0v) is 7.80. The fourth-order valence-corrected chi connectivity index (χ4v) is 1.75. The molecular formula is C10H19N. The fraction of sp³-hybridized carbons (Fsp3) is 0.800. The number of hydrogen-bond donors (Lipinski definition) is 1. The van der Waals surface area contributed by atoms with Crippen molar-refractivity contribution in [1.82, 2.24) is 5.32 Å². The van der Waals surface area contributed by atoms with Crippen LogP contribution < -0.4 is 5.32 Å². The molecule has 0 aromatic rings. The van der Waals surface area contributed by atoms with Gasteiger partial charge in [-0.05, 0) is 24.8 Å². The van der Waals surface area contributed by atoms with Gasteiger partial charge in [-0.15, -0.1) is 0 Å². The van der Waals surface area contributed by atoms with E-state index in [0.717, 1.165) is 18.4 Å². The van der Waals surface area contributed by atoms with Crippen LogP contribution in [0.1, 0.15) is 27.2 Å². The summed E-state index contributed by atoms with van der Waals surface area (Å²) < 4.78 is 0. The minimum absolute atomic E-state index is 0.690. The molecule has 0 amide bonds. The van der Waals surface area contributed by atoms with Gasteiger partial charge in [-0.2, -0.15) is 0 Å². The molecule has 0 saturated carbocycles. The van der Waals surface area contributed by atoms with Crippen LogP contribution in [0.2, 0.25) is 0 Å². The maximum atomic E-state index is 3.57. The van der Waals surface area contributed by atoms with Crippen molar-refractivity contribution in [3.8, 4) is 0 Å². The van der Waals surface area contributed by atoms with E-state index in [0.29, 0.717) is 6.04 Å². The molecule has 11 heavy (non-hydrogen) atoms. The highest BCUT2D eigenvalue weighted by Gasteiger charge is 2.23. The van der Waals surface area contributed by atoms with Gasteiger partial charge in [-0.25, -0.2) is 0 Å². The van der Waals surface area contributed by atoms with Crippen LogP contribution in [0.15, 0.2) is 12.2 Å². The van der Waals surface area contributed by atoms with E-state index in [9.17, 15) is 0 Å². The van der Waals surface area contributed by atoms with Crippen LogP contribution in [-0.2, 0) is 0 Å². The Morgan fingerprint density at radius 1 is 1.18 bits per heavy atom. The van der Waals surface area contributed by atoms with Crippen LogP contribution in [0.5, 0.6) is 0 Å². The number of hydrogen-bond acceptors (Lipinski definition) is 1. The second-order valence-electron chi connectivity index (χ2n) is 3.58. The van der Waals surface area contributed by atoms with Crippen LogP contribution in [0.3, 0.4) is 0 Å². The summed E-state index contributed by atoms with van der Waals surface area (Å²) in [6.45, 7) is 7.94. The van der Waals surface area contributed by atoms with Crippen molar-refractivity contribution in [1.29, 1.82) is 0 Å². The smallest absolute Gasteiger partial charge is 0.0187 e. The minimum atomic E-state index is 0.690. The van der Waals surface area contributed by atoms with E-state index in [2.05, 4.69) is 38.2 Å². The second kappa shape index (κ2) is 3.91. The van der Waals surface area contributed by atoms with Crippen molar-refractivity contribution in [3.63, 3.8) is 0 Å². The molecule has 1 aliphatic rings. The van der Waals surface area contributed by atoms with E-state index in [-0.39, 0.29) is 0 Å². The minimum Gasteiger partial charge on any atom is -0.313 e. The molecule has 0 aromatic heterocycles. The molecule has 0 aromatic carbocycles. The first-order valence-corrected chi connectivity index (χ1v) is 4.67. The normalized spacial score (nSPS) is 36.5. The summed E-state index contributed by atoms with van der Waals surface area (Å²) in [4.78, 5) is 0. The van der Waals surface area contributed by atoms with Crippen molar-refractivity contribution in [2.75, 3.05) is 6.54 Å². The van der Waals surface area contributed by atoms with Gasteiger partial charge in [0.05, 0.1) is 0 Å². The lowest BCUT2D eigenvalue weighted by Gasteiger charge is -2.21. The van der Waals surface area contributed by atoms with Gasteiger partial charge in [-0.1, -0.05) is 32.9 Å². The predicted octanol–water partition coefficient (Wildman–Crippen LogP) is 2.20. The highest BCUT2D eigenvalue weighted by Crippen LogP contribution is 2.22. The maximum absolute atomic E-state index is 3.57. The quantitative estimate of drug-likeness (QED) is 0.613. The third-order valence-electron chi connectivity index (χ3n) is 2.48. The van der Waals surface area contributed by atoms with Crippen molar-refractivity contribution in [2.24, 2.45) is 11.8 Å².